The lowest BCUT2D eigenvalue weighted by atomic mass is 9.98. The Bertz CT molecular complexity index is 1470. The molecule has 0 bridgehead atoms. The molecule has 0 saturated heterocycles. The van der Waals surface area contributed by atoms with Gasteiger partial charge in [0, 0.05) is 35.8 Å². The van der Waals surface area contributed by atoms with E-state index in [4.69, 9.17) is 28.2 Å². The summed E-state index contributed by atoms with van der Waals surface area (Å²) in [6.45, 7) is 4.21. The van der Waals surface area contributed by atoms with Gasteiger partial charge in [0.1, 0.15) is 0 Å². The third-order valence-electron chi connectivity index (χ3n) is 7.34. The first-order valence-corrected chi connectivity index (χ1v) is 13.4. The molecule has 0 radical (unpaired) electrons. The van der Waals surface area contributed by atoms with E-state index in [1.54, 1.807) is 59.0 Å². The second-order valence-corrected chi connectivity index (χ2v) is 10.8. The van der Waals surface area contributed by atoms with Gasteiger partial charge < -0.3 is 15.5 Å². The van der Waals surface area contributed by atoms with Crippen LogP contribution < -0.4 is 16.2 Å². The summed E-state index contributed by atoms with van der Waals surface area (Å²) in [6.07, 6.45) is 2.63. The summed E-state index contributed by atoms with van der Waals surface area (Å²) in [5.74, 6) is 0.559. The van der Waals surface area contributed by atoms with Gasteiger partial charge in [0.2, 0.25) is 5.95 Å². The van der Waals surface area contributed by atoms with Crippen LogP contribution in [0.1, 0.15) is 58.7 Å². The molecule has 198 valence electrons. The van der Waals surface area contributed by atoms with Crippen molar-refractivity contribution < 1.29 is 9.59 Å². The molecule has 2 N–H and O–H groups in total. The van der Waals surface area contributed by atoms with Crippen LogP contribution in [0.3, 0.4) is 0 Å². The van der Waals surface area contributed by atoms with E-state index < -0.39 is 0 Å². The highest BCUT2D eigenvalue weighted by atomic mass is 35.5. The van der Waals surface area contributed by atoms with Gasteiger partial charge in [-0.25, -0.2) is 9.55 Å². The van der Waals surface area contributed by atoms with Gasteiger partial charge in [-0.05, 0) is 81.5 Å². The van der Waals surface area contributed by atoms with Crippen molar-refractivity contribution in [2.24, 2.45) is 5.92 Å². The quantitative estimate of drug-likeness (QED) is 0.461. The standard InChI is InChI=1S/C28H29Cl2N5O3/c1-15-12-21-24(14-34(15)26(37)19-8-11-22(29)23(30)13-19)33-28(32-16(2)17-4-5-17)35(27(21)38)20-9-6-18(7-10-20)25(36)31-3/h6-11,13,15-17H,4-5,12,14H2,1-3H3,(H,31,36)(H,32,33)/t15-,16+/m1/s1. The van der Waals surface area contributed by atoms with Crippen LogP contribution in [-0.2, 0) is 13.0 Å². The van der Waals surface area contributed by atoms with E-state index in [-0.39, 0.29) is 36.0 Å². The van der Waals surface area contributed by atoms with Gasteiger partial charge in [-0.15, -0.1) is 0 Å². The number of hydrogen-bond acceptors (Lipinski definition) is 5. The Kier molecular flexibility index (Phi) is 7.20. The number of nitrogens with zero attached hydrogens (tertiary/aromatic N) is 3. The molecule has 0 spiro atoms. The van der Waals surface area contributed by atoms with E-state index in [1.165, 1.54) is 0 Å². The summed E-state index contributed by atoms with van der Waals surface area (Å²) in [5, 5.41) is 6.75. The Morgan fingerprint density at radius 3 is 2.37 bits per heavy atom. The molecule has 1 aliphatic heterocycles. The van der Waals surface area contributed by atoms with Crippen molar-refractivity contribution in [2.45, 2.75) is 51.7 Å². The molecule has 38 heavy (non-hydrogen) atoms. The van der Waals surface area contributed by atoms with Crippen LogP contribution in [-0.4, -0.2) is 45.4 Å². The molecule has 5 rings (SSSR count). The van der Waals surface area contributed by atoms with Crippen LogP contribution in [0.2, 0.25) is 10.0 Å². The third-order valence-corrected chi connectivity index (χ3v) is 8.08. The summed E-state index contributed by atoms with van der Waals surface area (Å²) in [6, 6.07) is 11.6. The maximum Gasteiger partial charge on any atom is 0.263 e. The molecule has 2 heterocycles. The number of benzene rings is 2. The zero-order valence-electron chi connectivity index (χ0n) is 21.4. The van der Waals surface area contributed by atoms with Gasteiger partial charge in [-0.3, -0.25) is 14.4 Å². The minimum absolute atomic E-state index is 0.132. The van der Waals surface area contributed by atoms with Gasteiger partial charge >= 0.3 is 0 Å². The molecule has 1 aromatic heterocycles. The van der Waals surface area contributed by atoms with Crippen molar-refractivity contribution in [3.63, 3.8) is 0 Å². The fourth-order valence-electron chi connectivity index (χ4n) is 4.89. The first kappa shape index (κ1) is 26.3. The lowest BCUT2D eigenvalue weighted by Gasteiger charge is -2.35. The van der Waals surface area contributed by atoms with Crippen LogP contribution in [0.4, 0.5) is 5.95 Å². The van der Waals surface area contributed by atoms with Crippen molar-refractivity contribution >= 4 is 41.0 Å². The zero-order valence-corrected chi connectivity index (χ0v) is 22.9. The molecule has 2 aromatic carbocycles. The van der Waals surface area contributed by atoms with Crippen LogP contribution in [0.15, 0.2) is 47.3 Å². The minimum atomic E-state index is -0.229. The van der Waals surface area contributed by atoms with Crippen molar-refractivity contribution in [3.8, 4) is 5.69 Å². The topological polar surface area (TPSA) is 96.3 Å². The number of amides is 2. The van der Waals surface area contributed by atoms with E-state index >= 15 is 0 Å². The van der Waals surface area contributed by atoms with Gasteiger partial charge in [-0.2, -0.15) is 0 Å². The number of carbonyl (C=O) groups is 2. The maximum atomic E-state index is 13.9. The molecular weight excluding hydrogens is 525 g/mol. The van der Waals surface area contributed by atoms with Gasteiger partial charge in [0.05, 0.1) is 28.0 Å². The summed E-state index contributed by atoms with van der Waals surface area (Å²) in [5.41, 5.74) is 2.52. The molecular formula is C28H29Cl2N5O3. The SMILES string of the molecule is CNC(=O)c1ccc(-n2c(N[C@@H](C)C3CC3)nc3c(c2=O)C[C@@H](C)N(C(=O)c2ccc(Cl)c(Cl)c2)C3)cc1. The predicted molar refractivity (Wildman–Crippen MR) is 149 cm³/mol. The van der Waals surface area contributed by atoms with Crippen LogP contribution in [0, 0.1) is 5.92 Å². The minimum Gasteiger partial charge on any atom is -0.355 e. The number of halogens is 2. The molecule has 2 atom stereocenters. The summed E-state index contributed by atoms with van der Waals surface area (Å²) in [7, 11) is 1.58. The Balaban J connectivity index is 1.54. The third kappa shape index (κ3) is 5.02. The molecule has 2 amide bonds. The zero-order chi connectivity index (χ0) is 27.1. The number of fused-ring (bicyclic) bond motifs is 1. The molecule has 1 aliphatic carbocycles. The van der Waals surface area contributed by atoms with Gasteiger partial charge in [-0.1, -0.05) is 23.2 Å². The molecule has 1 fully saturated rings. The van der Waals surface area contributed by atoms with Crippen LogP contribution in [0.5, 0.6) is 0 Å². The van der Waals surface area contributed by atoms with E-state index in [9.17, 15) is 14.4 Å². The maximum absolute atomic E-state index is 13.9. The number of nitrogens with one attached hydrogen (secondary N) is 2. The van der Waals surface area contributed by atoms with Crippen molar-refractivity contribution in [1.29, 1.82) is 0 Å². The summed E-state index contributed by atoms with van der Waals surface area (Å²) >= 11 is 12.2. The highest BCUT2D eigenvalue weighted by molar-refractivity contribution is 6.42. The Morgan fingerprint density at radius 1 is 1.05 bits per heavy atom. The van der Waals surface area contributed by atoms with E-state index in [0.717, 1.165) is 12.8 Å². The van der Waals surface area contributed by atoms with Crippen LogP contribution in [0.25, 0.3) is 5.69 Å². The lowest BCUT2D eigenvalue weighted by Crippen LogP contribution is -2.46. The van der Waals surface area contributed by atoms with Crippen molar-refractivity contribution in [2.75, 3.05) is 12.4 Å². The molecule has 10 heteroatoms. The first-order chi connectivity index (χ1) is 18.2. The number of anilines is 1. The lowest BCUT2D eigenvalue weighted by molar-refractivity contribution is 0.0653. The average molecular weight is 554 g/mol. The van der Waals surface area contributed by atoms with Crippen molar-refractivity contribution in [1.82, 2.24) is 19.8 Å². The predicted octanol–water partition coefficient (Wildman–Crippen LogP) is 4.70. The highest BCUT2D eigenvalue weighted by Crippen LogP contribution is 2.34. The molecule has 0 unspecified atom stereocenters. The van der Waals surface area contributed by atoms with Crippen LogP contribution >= 0.6 is 23.2 Å². The fourth-order valence-corrected chi connectivity index (χ4v) is 5.18. The Morgan fingerprint density at radius 2 is 1.74 bits per heavy atom. The number of rotatable bonds is 6. The Hall–Kier alpha value is -3.36. The number of hydrogen-bond donors (Lipinski definition) is 2. The first-order valence-electron chi connectivity index (χ1n) is 12.7. The summed E-state index contributed by atoms with van der Waals surface area (Å²) < 4.78 is 1.58. The average Bonchev–Trinajstić information content (AvgIpc) is 3.76. The van der Waals surface area contributed by atoms with Gasteiger partial charge in [0.15, 0.2) is 0 Å². The summed E-state index contributed by atoms with van der Waals surface area (Å²) in [4.78, 5) is 45.9. The second kappa shape index (κ2) is 10.4. The van der Waals surface area contributed by atoms with E-state index in [0.29, 0.717) is 56.4 Å². The largest absolute Gasteiger partial charge is 0.355 e. The van der Waals surface area contributed by atoms with Gasteiger partial charge in [0.25, 0.3) is 17.4 Å². The highest BCUT2D eigenvalue weighted by Gasteiger charge is 2.33. The van der Waals surface area contributed by atoms with E-state index in [1.807, 2.05) is 6.92 Å². The fraction of sp³-hybridized carbons (Fsp3) is 0.357. The van der Waals surface area contributed by atoms with Crippen molar-refractivity contribution in [3.05, 3.63) is 85.2 Å². The molecule has 2 aliphatic rings. The smallest absolute Gasteiger partial charge is 0.263 e. The Labute approximate surface area is 231 Å². The molecule has 3 aromatic rings. The normalized spacial score (nSPS) is 17.5. The number of carbonyl (C=O) groups excluding carboxylic acids is 2. The molecule has 1 saturated carbocycles. The second-order valence-electron chi connectivity index (χ2n) is 10.0. The monoisotopic (exact) mass is 553 g/mol. The number of aromatic nitrogens is 2. The van der Waals surface area contributed by atoms with E-state index in [2.05, 4.69) is 17.6 Å². The molecule has 8 nitrogen and oxygen atoms in total.